The predicted octanol–water partition coefficient (Wildman–Crippen LogP) is 10.2. The van der Waals surface area contributed by atoms with E-state index in [4.69, 9.17) is 0 Å². The maximum atomic E-state index is 13.8. The Bertz CT molecular complexity index is 2430. The summed E-state index contributed by atoms with van der Waals surface area (Å²) in [7, 11) is -3.20. The molecule has 0 amide bonds. The van der Waals surface area contributed by atoms with Crippen LogP contribution < -0.4 is 10.4 Å². The Balaban J connectivity index is 1.46. The Kier molecular flexibility index (Phi) is 6.93. The first-order valence-electron chi connectivity index (χ1n) is 16.5. The fraction of sp³-hybridized carbons (Fsp3) is 0.175. The van der Waals surface area contributed by atoms with Gasteiger partial charge >= 0.3 is 6.18 Å². The Hall–Kier alpha value is -4.87. The molecule has 0 bridgehead atoms. The number of hydrogen-bond donors (Lipinski definition) is 0. The third-order valence-electron chi connectivity index (χ3n) is 9.66. The molecule has 0 fully saturated rings. The molecule has 4 nitrogen and oxygen atoms in total. The van der Waals surface area contributed by atoms with Crippen LogP contribution in [0.15, 0.2) is 116 Å². The van der Waals surface area contributed by atoms with Crippen molar-refractivity contribution in [3.05, 3.63) is 121 Å². The van der Waals surface area contributed by atoms with Crippen LogP contribution in [0.5, 0.6) is 0 Å². The van der Waals surface area contributed by atoms with Crippen molar-refractivity contribution in [3.63, 3.8) is 0 Å². The van der Waals surface area contributed by atoms with Crippen molar-refractivity contribution in [3.8, 4) is 17.1 Å². The molecule has 0 aliphatic rings. The van der Waals surface area contributed by atoms with E-state index in [2.05, 4.69) is 132 Å². The Morgan fingerprint density at radius 1 is 0.510 bits per heavy atom. The summed E-state index contributed by atoms with van der Waals surface area (Å²) in [5, 5.41) is 11.6. The molecule has 49 heavy (non-hydrogen) atoms. The number of fused-ring (bicyclic) bond motifs is 6. The summed E-state index contributed by atoms with van der Waals surface area (Å²) in [6.07, 6.45) is -2.54. The van der Waals surface area contributed by atoms with Gasteiger partial charge in [-0.2, -0.15) is 18.3 Å². The van der Waals surface area contributed by atoms with Gasteiger partial charge in [-0.15, -0.1) is 0 Å². The minimum Gasteiger partial charge on any atom is -0.309 e. The molecule has 0 unspecified atom stereocenters. The second-order valence-electron chi connectivity index (χ2n) is 15.0. The van der Waals surface area contributed by atoms with E-state index in [-0.39, 0.29) is 0 Å². The monoisotopic (exact) mass is 686 g/mol. The van der Waals surface area contributed by atoms with Gasteiger partial charge in [-0.1, -0.05) is 110 Å². The van der Waals surface area contributed by atoms with E-state index in [0.717, 1.165) is 67.4 Å². The molecule has 246 valence electrons. The molecule has 0 saturated carbocycles. The number of halogens is 3. The van der Waals surface area contributed by atoms with Gasteiger partial charge in [0.25, 0.3) is 0 Å². The van der Waals surface area contributed by atoms with Gasteiger partial charge in [0.15, 0.2) is 0 Å². The molecular formula is C40H37F3N4Si2. The highest BCUT2D eigenvalue weighted by Gasteiger charge is 2.32. The highest BCUT2D eigenvalue weighted by molar-refractivity contribution is 6.89. The number of alkyl halides is 3. The first kappa shape index (κ1) is 31.4. The fourth-order valence-electron chi connectivity index (χ4n) is 7.02. The average molecular weight is 687 g/mol. The van der Waals surface area contributed by atoms with Crippen LogP contribution in [0.25, 0.3) is 60.7 Å². The maximum absolute atomic E-state index is 13.8. The topological polar surface area (TPSA) is 27.7 Å². The number of nitrogens with zero attached hydrogens (tertiary/aromatic N) is 4. The predicted molar refractivity (Wildman–Crippen MR) is 203 cm³/mol. The Labute approximate surface area is 285 Å². The van der Waals surface area contributed by atoms with Crippen molar-refractivity contribution in [2.75, 3.05) is 0 Å². The normalized spacial score (nSPS) is 13.0. The number of hydrogen-bond acceptors (Lipinski definition) is 1. The molecule has 9 heteroatoms. The first-order valence-corrected chi connectivity index (χ1v) is 23.5. The molecule has 8 rings (SSSR count). The van der Waals surface area contributed by atoms with Gasteiger partial charge in [0.2, 0.25) is 0 Å². The van der Waals surface area contributed by atoms with Crippen LogP contribution in [0.3, 0.4) is 0 Å². The zero-order valence-electron chi connectivity index (χ0n) is 28.4. The lowest BCUT2D eigenvalue weighted by Gasteiger charge is -2.18. The van der Waals surface area contributed by atoms with Gasteiger partial charge in [-0.25, -0.2) is 4.68 Å². The van der Waals surface area contributed by atoms with E-state index in [1.807, 2.05) is 24.3 Å². The highest BCUT2D eigenvalue weighted by atomic mass is 28.3. The fourth-order valence-corrected chi connectivity index (χ4v) is 9.34. The smallest absolute Gasteiger partial charge is 0.309 e. The highest BCUT2D eigenvalue weighted by Crippen LogP contribution is 2.37. The summed E-state index contributed by atoms with van der Waals surface area (Å²) in [5.41, 5.74) is 5.59. The molecule has 5 aromatic carbocycles. The van der Waals surface area contributed by atoms with Crippen molar-refractivity contribution < 1.29 is 13.2 Å². The van der Waals surface area contributed by atoms with E-state index < -0.39 is 27.9 Å². The lowest BCUT2D eigenvalue weighted by molar-refractivity contribution is -0.137. The van der Waals surface area contributed by atoms with Crippen LogP contribution in [-0.2, 0) is 6.18 Å². The standard InChI is InChI=1S/C40H37F3N4Si2/c1-48(2,3)30-15-17-38-34(22-30)32-11-7-9-13-36(32)46(38)28-19-27(45-25-26(24-44-45)40(41,42)43)20-29(21-28)47-37-14-10-8-12-33(37)35-23-31(49(4,5)6)16-18-39(35)47/h7-25H,1-6H3. The van der Waals surface area contributed by atoms with Gasteiger partial charge in [0.1, 0.15) is 0 Å². The molecule has 0 spiro atoms. The van der Waals surface area contributed by atoms with Gasteiger partial charge < -0.3 is 9.13 Å². The van der Waals surface area contributed by atoms with Crippen molar-refractivity contribution in [2.24, 2.45) is 0 Å². The van der Waals surface area contributed by atoms with Gasteiger partial charge in [-0.3, -0.25) is 0 Å². The zero-order valence-corrected chi connectivity index (χ0v) is 30.4. The lowest BCUT2D eigenvalue weighted by Crippen LogP contribution is -2.37. The molecule has 0 atom stereocenters. The maximum Gasteiger partial charge on any atom is 0.419 e. The van der Waals surface area contributed by atoms with E-state index in [9.17, 15) is 13.2 Å². The van der Waals surface area contributed by atoms with Crippen molar-refractivity contribution in [1.29, 1.82) is 0 Å². The van der Waals surface area contributed by atoms with Crippen LogP contribution in [-0.4, -0.2) is 35.1 Å². The number of para-hydroxylation sites is 2. The molecular weight excluding hydrogens is 650 g/mol. The summed E-state index contributed by atoms with van der Waals surface area (Å²) in [6.45, 7) is 14.1. The third kappa shape index (κ3) is 5.23. The molecule has 3 heterocycles. The van der Waals surface area contributed by atoms with Crippen molar-refractivity contribution in [2.45, 2.75) is 45.5 Å². The van der Waals surface area contributed by atoms with Crippen LogP contribution in [0.2, 0.25) is 39.3 Å². The number of rotatable bonds is 5. The van der Waals surface area contributed by atoms with E-state index in [1.165, 1.54) is 15.1 Å². The molecule has 0 aliphatic heterocycles. The van der Waals surface area contributed by atoms with Crippen LogP contribution in [0, 0.1) is 0 Å². The van der Waals surface area contributed by atoms with Crippen LogP contribution >= 0.6 is 0 Å². The average Bonchev–Trinajstić information content (AvgIpc) is 3.76. The molecule has 8 aromatic rings. The minimum atomic E-state index is -4.50. The first-order chi connectivity index (χ1) is 23.2. The third-order valence-corrected chi connectivity index (χ3v) is 13.7. The van der Waals surface area contributed by atoms with Crippen LogP contribution in [0.4, 0.5) is 13.2 Å². The van der Waals surface area contributed by atoms with Crippen molar-refractivity contribution >= 4 is 70.1 Å². The van der Waals surface area contributed by atoms with E-state index in [0.29, 0.717) is 5.69 Å². The Morgan fingerprint density at radius 3 is 1.37 bits per heavy atom. The lowest BCUT2D eigenvalue weighted by atomic mass is 10.1. The summed E-state index contributed by atoms with van der Waals surface area (Å²) in [5.74, 6) is 0. The summed E-state index contributed by atoms with van der Waals surface area (Å²) >= 11 is 0. The molecule has 3 aromatic heterocycles. The number of aromatic nitrogens is 4. The Morgan fingerprint density at radius 2 is 0.939 bits per heavy atom. The van der Waals surface area contributed by atoms with Gasteiger partial charge in [-0.05, 0) is 42.5 Å². The zero-order chi connectivity index (χ0) is 34.5. The van der Waals surface area contributed by atoms with Crippen molar-refractivity contribution in [1.82, 2.24) is 18.9 Å². The van der Waals surface area contributed by atoms with E-state index >= 15 is 0 Å². The van der Waals surface area contributed by atoms with Gasteiger partial charge in [0, 0.05) is 27.7 Å². The summed E-state index contributed by atoms with van der Waals surface area (Å²) < 4.78 is 47.2. The summed E-state index contributed by atoms with van der Waals surface area (Å²) in [4.78, 5) is 0. The van der Waals surface area contributed by atoms with Crippen LogP contribution in [0.1, 0.15) is 5.56 Å². The minimum absolute atomic E-state index is 0.539. The summed E-state index contributed by atoms with van der Waals surface area (Å²) in [6, 6.07) is 36.3. The van der Waals surface area contributed by atoms with Gasteiger partial charge in [0.05, 0.1) is 67.0 Å². The largest absolute Gasteiger partial charge is 0.419 e. The molecule has 0 N–H and O–H groups in total. The SMILES string of the molecule is C[Si](C)(C)c1ccc2c(c1)c1ccccc1n2-c1cc(-n2cc(C(F)(F)F)cn2)cc(-n2c3ccccc3c3cc([Si](C)(C)C)ccc32)c1. The van der Waals surface area contributed by atoms with E-state index in [1.54, 1.807) is 0 Å². The quantitative estimate of drug-likeness (QED) is 0.166. The second-order valence-corrected chi connectivity index (χ2v) is 25.2. The number of benzene rings is 5. The molecule has 0 saturated heterocycles. The molecule has 0 radical (unpaired) electrons. The second kappa shape index (κ2) is 10.8. The molecule has 0 aliphatic carbocycles.